The van der Waals surface area contributed by atoms with Crippen LogP contribution in [0.15, 0.2) is 30.4 Å². The van der Waals surface area contributed by atoms with Gasteiger partial charge in [-0.1, -0.05) is 6.58 Å². The number of carbonyl (C=O) groups is 2. The minimum absolute atomic E-state index is 0.174. The van der Waals surface area contributed by atoms with Gasteiger partial charge in [-0.25, -0.2) is 4.79 Å². The number of phenolic OH excluding ortho intramolecular Hbond substituents is 1. The van der Waals surface area contributed by atoms with E-state index < -0.39 is 5.97 Å². The van der Waals surface area contributed by atoms with Crippen LogP contribution in [-0.4, -0.2) is 17.0 Å². The number of ether oxygens (including phenoxy) is 1. The summed E-state index contributed by atoms with van der Waals surface area (Å²) in [5, 5.41) is 12.0. The molecule has 5 heteroatoms. The molecule has 0 fully saturated rings. The molecular weight excluding hydrogens is 222 g/mol. The molecule has 0 unspecified atom stereocenters. The molecule has 0 aromatic heterocycles. The summed E-state index contributed by atoms with van der Waals surface area (Å²) in [5.41, 5.74) is 0.517. The van der Waals surface area contributed by atoms with Crippen molar-refractivity contribution in [3.8, 4) is 11.5 Å². The van der Waals surface area contributed by atoms with E-state index in [9.17, 15) is 14.7 Å². The van der Waals surface area contributed by atoms with Gasteiger partial charge in [0.25, 0.3) is 0 Å². The minimum Gasteiger partial charge on any atom is -0.506 e. The minimum atomic E-state index is -0.573. The predicted molar refractivity (Wildman–Crippen MR) is 62.9 cm³/mol. The molecular formula is C12H13NO4. The second-order valence-corrected chi connectivity index (χ2v) is 3.53. The molecule has 0 spiro atoms. The van der Waals surface area contributed by atoms with Crippen LogP contribution >= 0.6 is 0 Å². The topological polar surface area (TPSA) is 75.6 Å². The highest BCUT2D eigenvalue weighted by molar-refractivity contribution is 5.91. The summed E-state index contributed by atoms with van der Waals surface area (Å²) in [6.45, 7) is 6.29. The van der Waals surface area contributed by atoms with Gasteiger partial charge in [0.05, 0.1) is 5.69 Å². The normalized spacial score (nSPS) is 9.53. The zero-order valence-electron chi connectivity index (χ0n) is 9.61. The third-order valence-electron chi connectivity index (χ3n) is 1.84. The Morgan fingerprint density at radius 2 is 2.00 bits per heavy atom. The Kier molecular flexibility index (Phi) is 3.87. The van der Waals surface area contributed by atoms with Gasteiger partial charge in [0.15, 0.2) is 0 Å². The van der Waals surface area contributed by atoms with Gasteiger partial charge in [0.2, 0.25) is 5.91 Å². The van der Waals surface area contributed by atoms with E-state index in [0.29, 0.717) is 0 Å². The molecule has 1 aromatic carbocycles. The maximum atomic E-state index is 11.2. The van der Waals surface area contributed by atoms with Crippen molar-refractivity contribution < 1.29 is 19.4 Å². The highest BCUT2D eigenvalue weighted by atomic mass is 16.5. The van der Waals surface area contributed by atoms with E-state index >= 15 is 0 Å². The van der Waals surface area contributed by atoms with Crippen molar-refractivity contribution in [3.63, 3.8) is 0 Å². The van der Waals surface area contributed by atoms with Crippen LogP contribution in [0, 0.1) is 0 Å². The molecule has 1 rings (SSSR count). The van der Waals surface area contributed by atoms with Gasteiger partial charge in [-0.05, 0) is 19.1 Å². The quantitative estimate of drug-likeness (QED) is 0.363. The summed E-state index contributed by atoms with van der Waals surface area (Å²) in [6, 6.07) is 4.15. The second-order valence-electron chi connectivity index (χ2n) is 3.53. The summed E-state index contributed by atoms with van der Waals surface area (Å²) in [4.78, 5) is 22.0. The summed E-state index contributed by atoms with van der Waals surface area (Å²) >= 11 is 0. The fourth-order valence-corrected chi connectivity index (χ4v) is 1.06. The van der Waals surface area contributed by atoms with Gasteiger partial charge in [0, 0.05) is 18.6 Å². The van der Waals surface area contributed by atoms with Crippen LogP contribution in [0.25, 0.3) is 0 Å². The first-order valence-corrected chi connectivity index (χ1v) is 4.88. The molecule has 0 atom stereocenters. The van der Waals surface area contributed by atoms with Crippen molar-refractivity contribution in [1.82, 2.24) is 0 Å². The third kappa shape index (κ3) is 3.64. The van der Waals surface area contributed by atoms with E-state index in [1.807, 2.05) is 0 Å². The Bertz CT molecular complexity index is 479. The molecule has 17 heavy (non-hydrogen) atoms. The average Bonchev–Trinajstić information content (AvgIpc) is 2.21. The van der Waals surface area contributed by atoms with Gasteiger partial charge in [-0.15, -0.1) is 0 Å². The summed E-state index contributed by atoms with van der Waals surface area (Å²) in [6.07, 6.45) is 0. The fraction of sp³-hybridized carbons (Fsp3) is 0.167. The van der Waals surface area contributed by atoms with Crippen LogP contribution in [0.5, 0.6) is 11.5 Å². The average molecular weight is 235 g/mol. The van der Waals surface area contributed by atoms with Crippen molar-refractivity contribution in [2.24, 2.45) is 0 Å². The molecule has 0 aliphatic rings. The SMILES string of the molecule is C=C(C)C(=O)Oc1ccc(NC(C)=O)c(O)c1. The molecule has 0 heterocycles. The molecule has 1 aromatic rings. The maximum absolute atomic E-state index is 11.2. The van der Waals surface area contributed by atoms with Gasteiger partial charge >= 0.3 is 5.97 Å². The van der Waals surface area contributed by atoms with Crippen LogP contribution in [0.3, 0.4) is 0 Å². The zero-order valence-corrected chi connectivity index (χ0v) is 9.61. The van der Waals surface area contributed by atoms with E-state index in [1.165, 1.54) is 32.0 Å². The molecule has 0 saturated heterocycles. The lowest BCUT2D eigenvalue weighted by molar-refractivity contribution is -0.130. The van der Waals surface area contributed by atoms with Gasteiger partial charge in [-0.3, -0.25) is 4.79 Å². The lowest BCUT2D eigenvalue weighted by atomic mass is 10.2. The highest BCUT2D eigenvalue weighted by Crippen LogP contribution is 2.28. The standard InChI is InChI=1S/C12H13NO4/c1-7(2)12(16)17-9-4-5-10(11(15)6-9)13-8(3)14/h4-6,15H,1H2,2-3H3,(H,13,14). The molecule has 5 nitrogen and oxygen atoms in total. The van der Waals surface area contributed by atoms with Crippen LogP contribution in [-0.2, 0) is 9.59 Å². The van der Waals surface area contributed by atoms with E-state index in [0.717, 1.165) is 0 Å². The number of hydrogen-bond donors (Lipinski definition) is 2. The number of rotatable bonds is 3. The van der Waals surface area contributed by atoms with Gasteiger partial charge in [0.1, 0.15) is 11.5 Å². The van der Waals surface area contributed by atoms with Crippen molar-refractivity contribution in [2.45, 2.75) is 13.8 Å². The maximum Gasteiger partial charge on any atom is 0.338 e. The summed E-state index contributed by atoms with van der Waals surface area (Å²) < 4.78 is 4.91. The molecule has 0 aliphatic heterocycles. The lowest BCUT2D eigenvalue weighted by Crippen LogP contribution is -2.09. The molecule has 1 amide bonds. The molecule has 0 saturated carbocycles. The number of benzene rings is 1. The number of amides is 1. The zero-order chi connectivity index (χ0) is 13.0. The van der Waals surface area contributed by atoms with Crippen LogP contribution in [0.1, 0.15) is 13.8 Å². The summed E-state index contributed by atoms with van der Waals surface area (Å²) in [7, 11) is 0. The lowest BCUT2D eigenvalue weighted by Gasteiger charge is -2.08. The first-order chi connectivity index (χ1) is 7.90. The monoisotopic (exact) mass is 235 g/mol. The number of anilines is 1. The van der Waals surface area contributed by atoms with E-state index in [1.54, 1.807) is 0 Å². The number of hydrogen-bond acceptors (Lipinski definition) is 4. The molecule has 0 aliphatic carbocycles. The van der Waals surface area contributed by atoms with E-state index in [4.69, 9.17) is 4.74 Å². The Morgan fingerprint density at radius 1 is 1.35 bits per heavy atom. The van der Waals surface area contributed by atoms with Crippen molar-refractivity contribution in [2.75, 3.05) is 5.32 Å². The number of carbonyl (C=O) groups excluding carboxylic acids is 2. The van der Waals surface area contributed by atoms with E-state index in [2.05, 4.69) is 11.9 Å². The number of aromatic hydroxyl groups is 1. The van der Waals surface area contributed by atoms with E-state index in [-0.39, 0.29) is 28.7 Å². The Hall–Kier alpha value is -2.30. The molecule has 0 radical (unpaired) electrons. The third-order valence-corrected chi connectivity index (χ3v) is 1.84. The predicted octanol–water partition coefficient (Wildman–Crippen LogP) is 1.83. The second kappa shape index (κ2) is 5.16. The Labute approximate surface area is 98.7 Å². The number of nitrogens with one attached hydrogen (secondary N) is 1. The summed E-state index contributed by atoms with van der Waals surface area (Å²) in [5.74, 6) is -0.861. The Morgan fingerprint density at radius 3 is 2.47 bits per heavy atom. The fourth-order valence-electron chi connectivity index (χ4n) is 1.06. The first-order valence-electron chi connectivity index (χ1n) is 4.88. The molecule has 2 N–H and O–H groups in total. The van der Waals surface area contributed by atoms with Gasteiger partial charge in [-0.2, -0.15) is 0 Å². The van der Waals surface area contributed by atoms with Crippen molar-refractivity contribution in [3.05, 3.63) is 30.4 Å². The van der Waals surface area contributed by atoms with Crippen LogP contribution < -0.4 is 10.1 Å². The highest BCUT2D eigenvalue weighted by Gasteiger charge is 2.08. The first kappa shape index (κ1) is 12.8. The van der Waals surface area contributed by atoms with Crippen LogP contribution in [0.2, 0.25) is 0 Å². The smallest absolute Gasteiger partial charge is 0.338 e. The van der Waals surface area contributed by atoms with Crippen molar-refractivity contribution in [1.29, 1.82) is 0 Å². The number of esters is 1. The largest absolute Gasteiger partial charge is 0.506 e. The molecule has 90 valence electrons. The van der Waals surface area contributed by atoms with Crippen LogP contribution in [0.4, 0.5) is 5.69 Å². The molecule has 0 bridgehead atoms. The Balaban J connectivity index is 2.85. The van der Waals surface area contributed by atoms with Crippen molar-refractivity contribution >= 4 is 17.6 Å². The number of phenols is 1. The van der Waals surface area contributed by atoms with Gasteiger partial charge < -0.3 is 15.2 Å².